The minimum atomic E-state index is -0.668. The minimum absolute atomic E-state index is 0.00566. The van der Waals surface area contributed by atoms with E-state index in [-0.39, 0.29) is 18.5 Å². The third-order valence-electron chi connectivity index (χ3n) is 13.9. The fourth-order valence-corrected chi connectivity index (χ4v) is 9.41. The van der Waals surface area contributed by atoms with Gasteiger partial charge in [0, 0.05) is 12.8 Å². The van der Waals surface area contributed by atoms with Crippen molar-refractivity contribution in [1.29, 1.82) is 0 Å². The zero-order valence-corrected chi connectivity index (χ0v) is 43.5. The second-order valence-electron chi connectivity index (χ2n) is 20.3. The Labute approximate surface area is 400 Å². The van der Waals surface area contributed by atoms with Crippen molar-refractivity contribution < 1.29 is 24.5 Å². The number of carbonyl (C=O) groups excluding carboxylic acids is 2. The van der Waals surface area contributed by atoms with Crippen molar-refractivity contribution in [1.82, 2.24) is 5.32 Å². The van der Waals surface area contributed by atoms with Crippen LogP contribution in [0.1, 0.15) is 335 Å². The molecule has 0 aromatic rings. The Morgan fingerprint density at radius 3 is 0.953 bits per heavy atom. The van der Waals surface area contributed by atoms with Crippen molar-refractivity contribution in [2.75, 3.05) is 13.2 Å². The van der Waals surface area contributed by atoms with Crippen LogP contribution in [0.4, 0.5) is 0 Å². The van der Waals surface area contributed by atoms with Gasteiger partial charge in [-0.2, -0.15) is 0 Å². The highest BCUT2D eigenvalue weighted by atomic mass is 16.5. The summed E-state index contributed by atoms with van der Waals surface area (Å²) in [5, 5.41) is 23.3. The van der Waals surface area contributed by atoms with Gasteiger partial charge in [-0.05, 0) is 25.7 Å². The molecule has 0 rings (SSSR count). The molecule has 0 aliphatic carbocycles. The van der Waals surface area contributed by atoms with E-state index in [2.05, 4.69) is 19.2 Å². The maximum atomic E-state index is 12.5. The van der Waals surface area contributed by atoms with Gasteiger partial charge in [-0.15, -0.1) is 0 Å². The lowest BCUT2D eigenvalue weighted by Gasteiger charge is -2.22. The standard InChI is InChI=1S/C58H115NO5/c1-3-5-7-9-11-13-15-17-19-20-24-28-32-36-40-44-48-52-58(63)64-53-49-45-41-37-33-29-25-21-23-27-31-35-39-43-47-51-57(62)59-55(54-60)56(61)50-46-42-38-34-30-26-22-18-16-14-12-10-8-6-4-2/h55-56,60-61H,3-54H2,1-2H3,(H,59,62). The second kappa shape index (κ2) is 54.5. The van der Waals surface area contributed by atoms with Crippen molar-refractivity contribution in [2.24, 2.45) is 0 Å². The van der Waals surface area contributed by atoms with Crippen LogP contribution in [0.3, 0.4) is 0 Å². The number of ether oxygens (including phenoxy) is 1. The minimum Gasteiger partial charge on any atom is -0.466 e. The molecular formula is C58H115NO5. The topological polar surface area (TPSA) is 95.9 Å². The van der Waals surface area contributed by atoms with Crippen molar-refractivity contribution in [3.05, 3.63) is 0 Å². The largest absolute Gasteiger partial charge is 0.466 e. The molecule has 382 valence electrons. The molecule has 0 aromatic heterocycles. The molecule has 0 radical (unpaired) electrons. The predicted molar refractivity (Wildman–Crippen MR) is 278 cm³/mol. The Kier molecular flexibility index (Phi) is 53.5. The lowest BCUT2D eigenvalue weighted by Crippen LogP contribution is -2.45. The number of hydrogen-bond donors (Lipinski definition) is 3. The average molecular weight is 907 g/mol. The van der Waals surface area contributed by atoms with E-state index in [4.69, 9.17) is 4.74 Å². The third kappa shape index (κ3) is 50.3. The van der Waals surface area contributed by atoms with Crippen LogP contribution in [-0.2, 0) is 14.3 Å². The summed E-state index contributed by atoms with van der Waals surface area (Å²) in [6.45, 7) is 4.97. The summed E-state index contributed by atoms with van der Waals surface area (Å²) in [6.07, 6.45) is 62.3. The third-order valence-corrected chi connectivity index (χ3v) is 13.9. The van der Waals surface area contributed by atoms with E-state index in [0.29, 0.717) is 25.9 Å². The summed E-state index contributed by atoms with van der Waals surface area (Å²) in [4.78, 5) is 24.5. The number of aliphatic hydroxyl groups is 2. The average Bonchev–Trinajstić information content (AvgIpc) is 3.29. The van der Waals surface area contributed by atoms with Gasteiger partial charge >= 0.3 is 5.97 Å². The molecule has 6 heteroatoms. The first kappa shape index (κ1) is 62.9. The van der Waals surface area contributed by atoms with Gasteiger partial charge in [0.2, 0.25) is 5.91 Å². The lowest BCUT2D eigenvalue weighted by molar-refractivity contribution is -0.143. The Morgan fingerprint density at radius 1 is 0.375 bits per heavy atom. The van der Waals surface area contributed by atoms with E-state index in [1.54, 1.807) is 0 Å². The van der Waals surface area contributed by atoms with Crippen molar-refractivity contribution >= 4 is 11.9 Å². The number of nitrogens with one attached hydrogen (secondary N) is 1. The van der Waals surface area contributed by atoms with Crippen LogP contribution in [0.25, 0.3) is 0 Å². The zero-order chi connectivity index (χ0) is 46.5. The van der Waals surface area contributed by atoms with Crippen LogP contribution in [0.5, 0.6) is 0 Å². The molecule has 1 amide bonds. The summed E-state index contributed by atoms with van der Waals surface area (Å²) in [7, 11) is 0. The van der Waals surface area contributed by atoms with E-state index < -0.39 is 12.1 Å². The number of amides is 1. The van der Waals surface area contributed by atoms with E-state index >= 15 is 0 Å². The normalized spacial score (nSPS) is 12.5. The van der Waals surface area contributed by atoms with Crippen LogP contribution < -0.4 is 5.32 Å². The molecule has 2 unspecified atom stereocenters. The van der Waals surface area contributed by atoms with E-state index in [1.807, 2.05) is 0 Å². The number of rotatable bonds is 55. The van der Waals surface area contributed by atoms with Gasteiger partial charge in [-0.1, -0.05) is 296 Å². The molecular weight excluding hydrogens is 791 g/mol. The van der Waals surface area contributed by atoms with Crippen LogP contribution in [0.2, 0.25) is 0 Å². The molecule has 0 bridgehead atoms. The summed E-state index contributed by atoms with van der Waals surface area (Å²) in [5.74, 6) is -0.0348. The Hall–Kier alpha value is -1.14. The molecule has 0 spiro atoms. The molecule has 0 saturated carbocycles. The number of aliphatic hydroxyl groups excluding tert-OH is 2. The molecule has 0 heterocycles. The first-order chi connectivity index (χ1) is 31.5. The first-order valence-corrected chi connectivity index (χ1v) is 29.3. The highest BCUT2D eigenvalue weighted by Crippen LogP contribution is 2.18. The Morgan fingerprint density at radius 2 is 0.641 bits per heavy atom. The highest BCUT2D eigenvalue weighted by molar-refractivity contribution is 5.76. The summed E-state index contributed by atoms with van der Waals surface area (Å²) in [6, 6.07) is -0.546. The number of carbonyl (C=O) groups is 2. The number of hydrogen-bond acceptors (Lipinski definition) is 5. The highest BCUT2D eigenvalue weighted by Gasteiger charge is 2.20. The van der Waals surface area contributed by atoms with Gasteiger partial charge in [-0.25, -0.2) is 0 Å². The maximum Gasteiger partial charge on any atom is 0.305 e. The van der Waals surface area contributed by atoms with Crippen molar-refractivity contribution in [2.45, 2.75) is 347 Å². The quantitative estimate of drug-likeness (QED) is 0.0417. The molecule has 0 fully saturated rings. The molecule has 0 aliphatic rings. The summed E-state index contributed by atoms with van der Waals surface area (Å²) in [5.41, 5.74) is 0. The molecule has 2 atom stereocenters. The molecule has 0 saturated heterocycles. The van der Waals surface area contributed by atoms with Crippen molar-refractivity contribution in [3.63, 3.8) is 0 Å². The number of unbranched alkanes of at least 4 members (excludes halogenated alkanes) is 44. The summed E-state index contributed by atoms with van der Waals surface area (Å²) >= 11 is 0. The van der Waals surface area contributed by atoms with Gasteiger partial charge < -0.3 is 20.3 Å². The molecule has 3 N–H and O–H groups in total. The van der Waals surface area contributed by atoms with Crippen LogP contribution >= 0.6 is 0 Å². The van der Waals surface area contributed by atoms with Gasteiger partial charge in [0.05, 0.1) is 25.4 Å². The lowest BCUT2D eigenvalue weighted by atomic mass is 10.0. The van der Waals surface area contributed by atoms with Gasteiger partial charge in [0.1, 0.15) is 0 Å². The van der Waals surface area contributed by atoms with Gasteiger partial charge in [0.15, 0.2) is 0 Å². The summed E-state index contributed by atoms with van der Waals surface area (Å²) < 4.78 is 5.49. The molecule has 0 aliphatic heterocycles. The second-order valence-corrected chi connectivity index (χ2v) is 20.3. The van der Waals surface area contributed by atoms with E-state index in [0.717, 1.165) is 44.9 Å². The smallest absolute Gasteiger partial charge is 0.305 e. The zero-order valence-electron chi connectivity index (χ0n) is 43.5. The molecule has 64 heavy (non-hydrogen) atoms. The van der Waals surface area contributed by atoms with E-state index in [1.165, 1.54) is 257 Å². The molecule has 6 nitrogen and oxygen atoms in total. The fourth-order valence-electron chi connectivity index (χ4n) is 9.41. The maximum absolute atomic E-state index is 12.5. The Balaban J connectivity index is 3.39. The van der Waals surface area contributed by atoms with Crippen LogP contribution in [0.15, 0.2) is 0 Å². The van der Waals surface area contributed by atoms with E-state index in [9.17, 15) is 19.8 Å². The SMILES string of the molecule is CCCCCCCCCCCCCCCCCCCC(=O)OCCCCCCCCCCCCCCCCCC(=O)NC(CO)C(O)CCCCCCCCCCCCCCCCC. The van der Waals surface area contributed by atoms with Gasteiger partial charge in [-0.3, -0.25) is 9.59 Å². The van der Waals surface area contributed by atoms with Crippen molar-refractivity contribution in [3.8, 4) is 0 Å². The number of esters is 1. The Bertz CT molecular complexity index is 913. The first-order valence-electron chi connectivity index (χ1n) is 29.3. The van der Waals surface area contributed by atoms with Gasteiger partial charge in [0.25, 0.3) is 0 Å². The fraction of sp³-hybridized carbons (Fsp3) is 0.966. The van der Waals surface area contributed by atoms with Crippen LogP contribution in [0, 0.1) is 0 Å². The predicted octanol–water partition coefficient (Wildman–Crippen LogP) is 17.9. The molecule has 0 aromatic carbocycles. The van der Waals surface area contributed by atoms with Crippen LogP contribution in [-0.4, -0.2) is 47.4 Å². The monoisotopic (exact) mass is 906 g/mol.